The number of pyridine rings is 1. The van der Waals surface area contributed by atoms with Gasteiger partial charge in [-0.2, -0.15) is 5.26 Å². The highest BCUT2D eigenvalue weighted by molar-refractivity contribution is 7.19. The van der Waals surface area contributed by atoms with Crippen LogP contribution in [-0.4, -0.2) is 11.0 Å². The number of nitrogens with zero attached hydrogens (tertiary/aromatic N) is 2. The third kappa shape index (κ3) is 5.23. The van der Waals surface area contributed by atoms with Crippen LogP contribution in [0.15, 0.2) is 23.6 Å². The zero-order valence-corrected chi connectivity index (χ0v) is 18.0. The Balaban J connectivity index is 0.00000169. The Hall–Kier alpha value is -1.07. The molecule has 3 rings (SSSR count). The number of nitrogens with two attached hydrogens (primary N) is 1. The number of anilines is 1. The number of nitriles is 1. The lowest BCUT2D eigenvalue weighted by Gasteiger charge is -2.06. The maximum Gasteiger partial charge on any atom is 0.131 e. The van der Waals surface area contributed by atoms with Gasteiger partial charge in [0.1, 0.15) is 5.15 Å². The van der Waals surface area contributed by atoms with Gasteiger partial charge in [0.25, 0.3) is 0 Å². The molecule has 3 aromatic heterocycles. The number of hydrogen-bond acceptors (Lipinski definition) is 6. The molecule has 1 atom stereocenters. The van der Waals surface area contributed by atoms with Gasteiger partial charge < -0.3 is 11.1 Å². The summed E-state index contributed by atoms with van der Waals surface area (Å²) in [7, 11) is 0. The van der Waals surface area contributed by atoms with Crippen LogP contribution in [0, 0.1) is 18.3 Å². The second-order valence-corrected chi connectivity index (χ2v) is 8.10. The molecule has 0 fully saturated rings. The molecule has 0 spiro atoms. The fourth-order valence-electron chi connectivity index (χ4n) is 2.54. The summed E-state index contributed by atoms with van der Waals surface area (Å²) in [5.74, 6) is 0. The van der Waals surface area contributed by atoms with E-state index >= 15 is 0 Å². The zero-order valence-electron chi connectivity index (χ0n) is 14.0. The van der Waals surface area contributed by atoms with Crippen molar-refractivity contribution in [2.45, 2.75) is 32.4 Å². The van der Waals surface area contributed by atoms with Crippen LogP contribution in [0.5, 0.6) is 0 Å². The van der Waals surface area contributed by atoms with E-state index in [0.717, 1.165) is 28.0 Å². The summed E-state index contributed by atoms with van der Waals surface area (Å²) >= 11 is 9.61. The van der Waals surface area contributed by atoms with Gasteiger partial charge in [-0.25, -0.2) is 4.98 Å². The van der Waals surface area contributed by atoms with Gasteiger partial charge in [-0.3, -0.25) is 0 Å². The molecule has 3 aromatic rings. The van der Waals surface area contributed by atoms with Gasteiger partial charge in [0.15, 0.2) is 0 Å². The first-order valence-corrected chi connectivity index (χ1v) is 9.63. The van der Waals surface area contributed by atoms with Crippen molar-refractivity contribution >= 4 is 75.0 Å². The minimum absolute atomic E-state index is 0. The Morgan fingerprint density at radius 3 is 2.85 bits per heavy atom. The topological polar surface area (TPSA) is 74.7 Å². The van der Waals surface area contributed by atoms with E-state index in [1.807, 2.05) is 19.1 Å². The molecule has 0 bridgehead atoms. The lowest BCUT2D eigenvalue weighted by atomic mass is 10.1. The Labute approximate surface area is 178 Å². The highest BCUT2D eigenvalue weighted by atomic mass is 35.5. The number of fused-ring (bicyclic) bond motifs is 1. The maximum absolute atomic E-state index is 8.80. The van der Waals surface area contributed by atoms with Crippen LogP contribution in [0.3, 0.4) is 0 Å². The van der Waals surface area contributed by atoms with Gasteiger partial charge in [0.2, 0.25) is 0 Å². The van der Waals surface area contributed by atoms with Gasteiger partial charge in [0.05, 0.1) is 28.4 Å². The monoisotopic (exact) mass is 448 g/mol. The molecule has 9 heteroatoms. The maximum atomic E-state index is 8.80. The molecule has 0 saturated heterocycles. The summed E-state index contributed by atoms with van der Waals surface area (Å²) in [6.45, 7) is 2.80. The average Bonchev–Trinajstić information content (AvgIpc) is 3.15. The minimum Gasteiger partial charge on any atom is -0.379 e. The summed E-state index contributed by atoms with van der Waals surface area (Å²) in [5.41, 5.74) is 9.03. The van der Waals surface area contributed by atoms with Crippen molar-refractivity contribution in [2.75, 3.05) is 5.32 Å². The van der Waals surface area contributed by atoms with Gasteiger partial charge in [0, 0.05) is 28.4 Å². The molecular weight excluding hydrogens is 431 g/mol. The van der Waals surface area contributed by atoms with Crippen molar-refractivity contribution < 1.29 is 0 Å². The van der Waals surface area contributed by atoms with E-state index in [1.54, 1.807) is 22.7 Å². The Bertz CT molecular complexity index is 888. The molecule has 140 valence electrons. The number of rotatable bonds is 6. The standard InChI is InChI=1S/C17H17ClN4S2.2ClH/c1-10-14(7-11(20)4-5-19)24-17-13(8-15(18)22-16(10)17)21-9-12-3-2-6-23-12;;/h2-3,6,8,11H,4,7,9,20H2,1H3,(H,21,22);2*1H. The number of aryl methyl sites for hydroxylation is 1. The third-order valence-corrected chi connectivity index (χ3v) is 6.18. The lowest BCUT2D eigenvalue weighted by Crippen LogP contribution is -2.21. The van der Waals surface area contributed by atoms with Gasteiger partial charge in [-0.1, -0.05) is 17.7 Å². The van der Waals surface area contributed by atoms with E-state index < -0.39 is 0 Å². The lowest BCUT2D eigenvalue weighted by molar-refractivity contribution is 0.690. The van der Waals surface area contributed by atoms with Crippen LogP contribution in [-0.2, 0) is 13.0 Å². The number of thiophene rings is 2. The molecule has 1 unspecified atom stereocenters. The summed E-state index contributed by atoms with van der Waals surface area (Å²) < 4.78 is 1.09. The van der Waals surface area contributed by atoms with Crippen molar-refractivity contribution in [3.8, 4) is 6.07 Å². The summed E-state index contributed by atoms with van der Waals surface area (Å²) in [5, 5.41) is 14.8. The predicted molar refractivity (Wildman–Crippen MR) is 117 cm³/mol. The Morgan fingerprint density at radius 2 is 2.19 bits per heavy atom. The van der Waals surface area contributed by atoms with Crippen LogP contribution in [0.1, 0.15) is 21.7 Å². The van der Waals surface area contributed by atoms with Crippen molar-refractivity contribution in [1.82, 2.24) is 4.98 Å². The van der Waals surface area contributed by atoms with E-state index in [-0.39, 0.29) is 30.9 Å². The van der Waals surface area contributed by atoms with Gasteiger partial charge >= 0.3 is 0 Å². The summed E-state index contributed by atoms with van der Waals surface area (Å²) in [4.78, 5) is 6.92. The van der Waals surface area contributed by atoms with Crippen LogP contribution in [0.25, 0.3) is 10.2 Å². The summed E-state index contributed by atoms with van der Waals surface area (Å²) in [6.07, 6.45) is 1.04. The summed E-state index contributed by atoms with van der Waals surface area (Å²) in [6, 6.07) is 7.99. The quantitative estimate of drug-likeness (QED) is 0.483. The molecule has 0 aromatic carbocycles. The normalized spacial score (nSPS) is 11.3. The first kappa shape index (κ1) is 23.0. The molecule has 0 aliphatic carbocycles. The number of hydrogen-bond donors (Lipinski definition) is 2. The van der Waals surface area contributed by atoms with Crippen LogP contribution >= 0.6 is 59.1 Å². The molecule has 3 N–H and O–H groups in total. The molecule has 0 saturated carbocycles. The van der Waals surface area contributed by atoms with E-state index in [4.69, 9.17) is 22.6 Å². The number of nitrogens with one attached hydrogen (secondary N) is 1. The van der Waals surface area contributed by atoms with Crippen molar-refractivity contribution in [3.63, 3.8) is 0 Å². The van der Waals surface area contributed by atoms with E-state index in [9.17, 15) is 0 Å². The van der Waals surface area contributed by atoms with Crippen molar-refractivity contribution in [2.24, 2.45) is 5.73 Å². The minimum atomic E-state index is -0.153. The SMILES string of the molecule is Cc1c(CC(N)CC#N)sc2c(NCc3cccs3)cc(Cl)nc12.Cl.Cl. The number of aromatic nitrogens is 1. The Kier molecular flexibility index (Phi) is 9.11. The first-order valence-electron chi connectivity index (χ1n) is 7.55. The van der Waals surface area contributed by atoms with E-state index in [2.05, 4.69) is 27.8 Å². The average molecular weight is 450 g/mol. The Morgan fingerprint density at radius 1 is 1.42 bits per heavy atom. The fourth-order valence-corrected chi connectivity index (χ4v) is 4.71. The van der Waals surface area contributed by atoms with Crippen LogP contribution in [0.2, 0.25) is 5.15 Å². The molecule has 0 aliphatic rings. The van der Waals surface area contributed by atoms with Crippen LogP contribution in [0.4, 0.5) is 5.69 Å². The zero-order chi connectivity index (χ0) is 17.1. The van der Waals surface area contributed by atoms with Gasteiger partial charge in [-0.05, 0) is 30.4 Å². The fraction of sp³-hybridized carbons (Fsp3) is 0.294. The van der Waals surface area contributed by atoms with E-state index in [1.165, 1.54) is 9.75 Å². The highest BCUT2D eigenvalue weighted by Crippen LogP contribution is 2.37. The van der Waals surface area contributed by atoms with Crippen molar-refractivity contribution in [3.05, 3.63) is 44.1 Å². The molecule has 0 aliphatic heterocycles. The molecule has 0 amide bonds. The largest absolute Gasteiger partial charge is 0.379 e. The second-order valence-electron chi connectivity index (χ2n) is 5.58. The van der Waals surface area contributed by atoms with Crippen LogP contribution < -0.4 is 11.1 Å². The van der Waals surface area contributed by atoms with Gasteiger partial charge in [-0.15, -0.1) is 47.5 Å². The molecule has 4 nitrogen and oxygen atoms in total. The third-order valence-electron chi connectivity index (χ3n) is 3.77. The molecule has 3 heterocycles. The number of halogens is 3. The predicted octanol–water partition coefficient (Wildman–Crippen LogP) is 5.56. The van der Waals surface area contributed by atoms with Crippen molar-refractivity contribution in [1.29, 1.82) is 5.26 Å². The van der Waals surface area contributed by atoms with E-state index in [0.29, 0.717) is 18.0 Å². The molecule has 0 radical (unpaired) electrons. The molecular formula is C17H19Cl3N4S2. The second kappa shape index (κ2) is 10.3. The smallest absolute Gasteiger partial charge is 0.131 e. The highest BCUT2D eigenvalue weighted by Gasteiger charge is 2.16. The first-order chi connectivity index (χ1) is 11.6. The molecule has 26 heavy (non-hydrogen) atoms.